The third-order valence-electron chi connectivity index (χ3n) is 5.39. The van der Waals surface area contributed by atoms with Crippen molar-refractivity contribution in [1.29, 1.82) is 0 Å². The van der Waals surface area contributed by atoms with Crippen LogP contribution in [0.25, 0.3) is 10.9 Å². The Morgan fingerprint density at radius 3 is 2.00 bits per heavy atom. The fourth-order valence-corrected chi connectivity index (χ4v) is 3.72. The minimum atomic E-state index is 0.944. The lowest BCUT2D eigenvalue weighted by atomic mass is 10.0. The number of ether oxygens (including phenoxy) is 1. The molecule has 2 heteroatoms. The molecule has 0 aliphatic heterocycles. The lowest BCUT2D eigenvalue weighted by molar-refractivity contribution is 0.415. The molecule has 2 nitrogen and oxygen atoms in total. The van der Waals surface area contributed by atoms with Crippen LogP contribution in [0.15, 0.2) is 24.3 Å². The fraction of sp³-hybridized carbons (Fsp3) is 0.652. The molecule has 0 saturated heterocycles. The zero-order valence-electron chi connectivity index (χ0n) is 16.7. The number of hydrogen-bond donors (Lipinski definition) is 0. The molecule has 0 saturated carbocycles. The largest absolute Gasteiger partial charge is 0.497 e. The number of rotatable bonds is 13. The van der Waals surface area contributed by atoms with Crippen molar-refractivity contribution in [1.82, 2.24) is 4.57 Å². The molecule has 0 aliphatic rings. The van der Waals surface area contributed by atoms with Crippen LogP contribution in [0.1, 0.15) is 83.2 Å². The quantitative estimate of drug-likeness (QED) is 0.356. The maximum Gasteiger partial charge on any atom is 0.119 e. The zero-order chi connectivity index (χ0) is 17.9. The molecule has 140 valence electrons. The van der Waals surface area contributed by atoms with Crippen LogP contribution >= 0.6 is 0 Å². The van der Waals surface area contributed by atoms with E-state index < -0.39 is 0 Å². The van der Waals surface area contributed by atoms with Crippen molar-refractivity contribution in [2.45, 2.75) is 84.0 Å². The highest BCUT2D eigenvalue weighted by Gasteiger charge is 2.06. The van der Waals surface area contributed by atoms with Gasteiger partial charge in [0.2, 0.25) is 0 Å². The first-order valence-electron chi connectivity index (χ1n) is 10.4. The monoisotopic (exact) mass is 343 g/mol. The number of aryl methyl sites for hydroxylation is 2. The normalized spacial score (nSPS) is 11.3. The van der Waals surface area contributed by atoms with E-state index in [9.17, 15) is 0 Å². The van der Waals surface area contributed by atoms with Gasteiger partial charge in [0, 0.05) is 23.6 Å². The van der Waals surface area contributed by atoms with E-state index in [-0.39, 0.29) is 0 Å². The molecule has 2 aromatic rings. The summed E-state index contributed by atoms with van der Waals surface area (Å²) in [6.45, 7) is 2.29. The molecule has 0 fully saturated rings. The number of benzene rings is 1. The van der Waals surface area contributed by atoms with Crippen LogP contribution in [0.5, 0.6) is 5.75 Å². The van der Waals surface area contributed by atoms with Crippen molar-refractivity contribution in [3.8, 4) is 5.75 Å². The van der Waals surface area contributed by atoms with Gasteiger partial charge in [0.15, 0.2) is 0 Å². The van der Waals surface area contributed by atoms with E-state index in [2.05, 4.69) is 36.7 Å². The molecule has 1 aromatic carbocycles. The molecule has 0 spiro atoms. The Labute approximate surface area is 154 Å². The number of hydrogen-bond acceptors (Lipinski definition) is 1. The second-order valence-electron chi connectivity index (χ2n) is 7.40. The summed E-state index contributed by atoms with van der Waals surface area (Å²) >= 11 is 0. The van der Waals surface area contributed by atoms with E-state index >= 15 is 0 Å². The van der Waals surface area contributed by atoms with Crippen molar-refractivity contribution in [2.24, 2.45) is 7.05 Å². The molecule has 1 heterocycles. The van der Waals surface area contributed by atoms with Crippen molar-refractivity contribution in [3.63, 3.8) is 0 Å². The van der Waals surface area contributed by atoms with E-state index in [0.29, 0.717) is 0 Å². The Hall–Kier alpha value is -1.44. The maximum atomic E-state index is 5.33. The van der Waals surface area contributed by atoms with Crippen LogP contribution < -0.4 is 4.74 Å². The standard InChI is InChI=1S/C23H37NO/c1-4-5-6-7-8-9-10-11-12-13-14-15-21-18-20-19-22(25-3)16-17-23(20)24(21)2/h16-19H,4-15H2,1-3H3. The van der Waals surface area contributed by atoms with Crippen molar-refractivity contribution >= 4 is 10.9 Å². The first kappa shape index (κ1) is 19.9. The van der Waals surface area contributed by atoms with Crippen LogP contribution in [0.4, 0.5) is 0 Å². The zero-order valence-corrected chi connectivity index (χ0v) is 16.7. The SMILES string of the molecule is CCCCCCCCCCCCCc1cc2cc(OC)ccc2n1C. The number of methoxy groups -OCH3 is 1. The average molecular weight is 344 g/mol. The summed E-state index contributed by atoms with van der Waals surface area (Å²) in [7, 11) is 3.92. The average Bonchev–Trinajstić information content (AvgIpc) is 2.95. The highest BCUT2D eigenvalue weighted by molar-refractivity contribution is 5.82. The van der Waals surface area contributed by atoms with E-state index in [0.717, 1.165) is 5.75 Å². The molecular formula is C23H37NO. The summed E-state index contributed by atoms with van der Waals surface area (Å²) < 4.78 is 7.67. The predicted octanol–water partition coefficient (Wildman–Crippen LogP) is 7.04. The predicted molar refractivity (Wildman–Crippen MR) is 110 cm³/mol. The highest BCUT2D eigenvalue weighted by Crippen LogP contribution is 2.24. The molecule has 1 aromatic heterocycles. The van der Waals surface area contributed by atoms with Gasteiger partial charge in [-0.1, -0.05) is 71.1 Å². The molecule has 25 heavy (non-hydrogen) atoms. The van der Waals surface area contributed by atoms with Crippen molar-refractivity contribution in [3.05, 3.63) is 30.0 Å². The minimum Gasteiger partial charge on any atom is -0.497 e. The first-order valence-corrected chi connectivity index (χ1v) is 10.4. The molecule has 0 aliphatic carbocycles. The third-order valence-corrected chi connectivity index (χ3v) is 5.39. The second-order valence-corrected chi connectivity index (χ2v) is 7.40. The lowest BCUT2D eigenvalue weighted by Crippen LogP contribution is -1.96. The van der Waals surface area contributed by atoms with Crippen LogP contribution in [-0.2, 0) is 13.5 Å². The molecule has 2 rings (SSSR count). The maximum absolute atomic E-state index is 5.33. The Morgan fingerprint density at radius 2 is 1.40 bits per heavy atom. The van der Waals surface area contributed by atoms with Crippen LogP contribution in [0, 0.1) is 0 Å². The summed E-state index contributed by atoms with van der Waals surface area (Å²) in [5.74, 6) is 0.944. The van der Waals surface area contributed by atoms with Gasteiger partial charge in [0.25, 0.3) is 0 Å². The smallest absolute Gasteiger partial charge is 0.119 e. The number of unbranched alkanes of at least 4 members (excludes halogenated alkanes) is 10. The summed E-state index contributed by atoms with van der Waals surface area (Å²) in [5.41, 5.74) is 2.75. The summed E-state index contributed by atoms with van der Waals surface area (Å²) in [4.78, 5) is 0. The van der Waals surface area contributed by atoms with Gasteiger partial charge in [-0.3, -0.25) is 0 Å². The number of fused-ring (bicyclic) bond motifs is 1. The van der Waals surface area contributed by atoms with Gasteiger partial charge in [-0.2, -0.15) is 0 Å². The van der Waals surface area contributed by atoms with Gasteiger partial charge in [-0.15, -0.1) is 0 Å². The highest BCUT2D eigenvalue weighted by atomic mass is 16.5. The molecule has 0 unspecified atom stereocenters. The number of nitrogens with zero attached hydrogens (tertiary/aromatic N) is 1. The van der Waals surface area contributed by atoms with Crippen LogP contribution in [-0.4, -0.2) is 11.7 Å². The summed E-state index contributed by atoms with van der Waals surface area (Å²) in [6, 6.07) is 8.68. The van der Waals surface area contributed by atoms with Gasteiger partial charge in [0.1, 0.15) is 5.75 Å². The van der Waals surface area contributed by atoms with Gasteiger partial charge in [-0.25, -0.2) is 0 Å². The first-order chi connectivity index (χ1) is 12.3. The molecule has 0 radical (unpaired) electrons. The Kier molecular flexibility index (Phi) is 8.93. The molecule has 0 bridgehead atoms. The molecular weight excluding hydrogens is 306 g/mol. The van der Waals surface area contributed by atoms with Crippen molar-refractivity contribution < 1.29 is 4.74 Å². The lowest BCUT2D eigenvalue weighted by Gasteiger charge is -2.05. The topological polar surface area (TPSA) is 14.2 Å². The van der Waals surface area contributed by atoms with Gasteiger partial charge >= 0.3 is 0 Å². The van der Waals surface area contributed by atoms with E-state index in [1.54, 1.807) is 7.11 Å². The van der Waals surface area contributed by atoms with E-state index in [1.165, 1.54) is 93.6 Å². The fourth-order valence-electron chi connectivity index (χ4n) is 3.72. The second kappa shape index (κ2) is 11.2. The Bertz CT molecular complexity index is 614. The Balaban J connectivity index is 1.60. The minimum absolute atomic E-state index is 0.944. The van der Waals surface area contributed by atoms with E-state index in [4.69, 9.17) is 4.74 Å². The molecule has 0 atom stereocenters. The van der Waals surface area contributed by atoms with Gasteiger partial charge in [0.05, 0.1) is 7.11 Å². The number of aromatic nitrogens is 1. The third kappa shape index (κ3) is 6.41. The molecule has 0 N–H and O–H groups in total. The van der Waals surface area contributed by atoms with Gasteiger partial charge < -0.3 is 9.30 Å². The van der Waals surface area contributed by atoms with Gasteiger partial charge in [-0.05, 0) is 37.1 Å². The van der Waals surface area contributed by atoms with Crippen LogP contribution in [0.2, 0.25) is 0 Å². The van der Waals surface area contributed by atoms with E-state index in [1.807, 2.05) is 6.07 Å². The Morgan fingerprint density at radius 1 is 0.800 bits per heavy atom. The van der Waals surface area contributed by atoms with Crippen molar-refractivity contribution in [2.75, 3.05) is 7.11 Å². The summed E-state index contributed by atoms with van der Waals surface area (Å²) in [6.07, 6.45) is 16.6. The molecule has 0 amide bonds. The van der Waals surface area contributed by atoms with Crippen LogP contribution in [0.3, 0.4) is 0 Å². The summed E-state index contributed by atoms with van der Waals surface area (Å²) in [5, 5.41) is 1.29.